The number of carboxylic acid groups (broad SMARTS) is 1. The first-order chi connectivity index (χ1) is 11.6. The lowest BCUT2D eigenvalue weighted by Crippen LogP contribution is -2.29. The molecule has 126 valence electrons. The van der Waals surface area contributed by atoms with Crippen LogP contribution in [0.2, 0.25) is 0 Å². The van der Waals surface area contributed by atoms with Gasteiger partial charge in [-0.2, -0.15) is 0 Å². The Morgan fingerprint density at radius 2 is 1.83 bits per heavy atom. The van der Waals surface area contributed by atoms with Crippen molar-refractivity contribution in [3.63, 3.8) is 0 Å². The zero-order chi connectivity index (χ0) is 17.4. The third-order valence-electron chi connectivity index (χ3n) is 3.88. The second-order valence-electron chi connectivity index (χ2n) is 5.72. The van der Waals surface area contributed by atoms with Crippen LogP contribution >= 0.6 is 0 Å². The lowest BCUT2D eigenvalue weighted by atomic mass is 9.95. The van der Waals surface area contributed by atoms with Crippen LogP contribution in [0.15, 0.2) is 53.8 Å². The molecule has 0 spiro atoms. The Morgan fingerprint density at radius 1 is 1.08 bits per heavy atom. The Labute approximate surface area is 141 Å². The zero-order valence-electron chi connectivity index (χ0n) is 13.5. The summed E-state index contributed by atoms with van der Waals surface area (Å²) in [5, 5.41) is 11.4. The number of nitrogens with one attached hydrogen (secondary N) is 1. The molecule has 1 aliphatic rings. The van der Waals surface area contributed by atoms with Crippen molar-refractivity contribution in [1.29, 1.82) is 0 Å². The molecular weight excluding hydrogens is 306 g/mol. The van der Waals surface area contributed by atoms with Gasteiger partial charge in [0, 0.05) is 12.0 Å². The number of unbranched alkanes of at least 4 members (excludes halogenated alkanes) is 2. The molecule has 2 N–H and O–H groups in total. The van der Waals surface area contributed by atoms with E-state index in [9.17, 15) is 14.4 Å². The van der Waals surface area contributed by atoms with Crippen LogP contribution in [0.4, 0.5) is 0 Å². The quantitative estimate of drug-likeness (QED) is 0.718. The van der Waals surface area contributed by atoms with Gasteiger partial charge in [0.25, 0.3) is 5.91 Å². The van der Waals surface area contributed by atoms with Crippen LogP contribution in [0.25, 0.3) is 0 Å². The van der Waals surface area contributed by atoms with E-state index in [1.807, 2.05) is 6.07 Å². The van der Waals surface area contributed by atoms with Crippen LogP contribution in [0.3, 0.4) is 0 Å². The van der Waals surface area contributed by atoms with Crippen LogP contribution in [-0.4, -0.2) is 22.8 Å². The van der Waals surface area contributed by atoms with Gasteiger partial charge in [-0.3, -0.25) is 14.4 Å². The van der Waals surface area contributed by atoms with Gasteiger partial charge in [0.15, 0.2) is 0 Å². The molecule has 0 saturated heterocycles. The van der Waals surface area contributed by atoms with E-state index in [1.54, 1.807) is 30.3 Å². The Morgan fingerprint density at radius 3 is 2.54 bits per heavy atom. The number of amides is 1. The van der Waals surface area contributed by atoms with Crippen LogP contribution in [0.5, 0.6) is 0 Å². The molecule has 0 radical (unpaired) electrons. The molecule has 0 bridgehead atoms. The number of allylic oxidation sites excluding steroid dienone is 3. The highest BCUT2D eigenvalue weighted by molar-refractivity contribution is 6.09. The molecule has 5 nitrogen and oxygen atoms in total. The van der Waals surface area contributed by atoms with Crippen molar-refractivity contribution in [2.75, 3.05) is 0 Å². The standard InChI is InChI=1S/C19H21NO4/c21-16-12-7-11-14(8-3-2-6-13-17(22)23)18(16)20-19(24)15-9-4-1-5-10-15/h1,4-5,7,9-10,12H,2-3,6,8,11,13H2,(H,20,24)(H,22,23). The molecule has 1 aromatic rings. The van der Waals surface area contributed by atoms with Crippen LogP contribution < -0.4 is 5.32 Å². The predicted octanol–water partition coefficient (Wildman–Crippen LogP) is 3.23. The van der Waals surface area contributed by atoms with Gasteiger partial charge >= 0.3 is 5.97 Å². The molecule has 0 unspecified atom stereocenters. The molecule has 5 heteroatoms. The third kappa shape index (κ3) is 5.19. The summed E-state index contributed by atoms with van der Waals surface area (Å²) in [5.74, 6) is -1.27. The van der Waals surface area contributed by atoms with Gasteiger partial charge in [0.2, 0.25) is 5.78 Å². The van der Waals surface area contributed by atoms with Gasteiger partial charge in [-0.25, -0.2) is 0 Å². The first-order valence-electron chi connectivity index (χ1n) is 8.09. The van der Waals surface area contributed by atoms with E-state index in [1.165, 1.54) is 6.08 Å². The largest absolute Gasteiger partial charge is 0.481 e. The van der Waals surface area contributed by atoms with Gasteiger partial charge in [-0.15, -0.1) is 0 Å². The van der Waals surface area contributed by atoms with Crippen LogP contribution in [-0.2, 0) is 9.59 Å². The maximum atomic E-state index is 12.3. The Bertz CT molecular complexity index is 674. The molecule has 1 aliphatic carbocycles. The van der Waals surface area contributed by atoms with Crippen molar-refractivity contribution in [3.05, 3.63) is 59.3 Å². The summed E-state index contributed by atoms with van der Waals surface area (Å²) in [5.41, 5.74) is 1.78. The molecule has 0 fully saturated rings. The van der Waals surface area contributed by atoms with Crippen LogP contribution in [0, 0.1) is 0 Å². The summed E-state index contributed by atoms with van der Waals surface area (Å²) in [6.45, 7) is 0. The minimum Gasteiger partial charge on any atom is -0.481 e. The molecule has 0 aliphatic heterocycles. The second kappa shape index (κ2) is 8.82. The smallest absolute Gasteiger partial charge is 0.303 e. The Kier molecular flexibility index (Phi) is 6.49. The summed E-state index contributed by atoms with van der Waals surface area (Å²) in [6, 6.07) is 8.77. The third-order valence-corrected chi connectivity index (χ3v) is 3.88. The Balaban J connectivity index is 1.98. The van der Waals surface area contributed by atoms with E-state index < -0.39 is 5.97 Å². The van der Waals surface area contributed by atoms with E-state index in [2.05, 4.69) is 5.32 Å². The van der Waals surface area contributed by atoms with Crippen molar-refractivity contribution in [3.8, 4) is 0 Å². The highest BCUT2D eigenvalue weighted by Crippen LogP contribution is 2.22. The molecule has 1 aromatic carbocycles. The normalized spacial score (nSPS) is 13.9. The summed E-state index contributed by atoms with van der Waals surface area (Å²) in [4.78, 5) is 34.9. The second-order valence-corrected chi connectivity index (χ2v) is 5.72. The lowest BCUT2D eigenvalue weighted by Gasteiger charge is -2.17. The lowest BCUT2D eigenvalue weighted by molar-refractivity contribution is -0.137. The molecule has 0 aromatic heterocycles. The number of carboxylic acids is 1. The fourth-order valence-corrected chi connectivity index (χ4v) is 2.61. The summed E-state index contributed by atoms with van der Waals surface area (Å²) in [7, 11) is 0. The highest BCUT2D eigenvalue weighted by atomic mass is 16.4. The molecule has 24 heavy (non-hydrogen) atoms. The monoisotopic (exact) mass is 327 g/mol. The van der Waals surface area contributed by atoms with E-state index in [4.69, 9.17) is 5.11 Å². The van der Waals surface area contributed by atoms with E-state index in [-0.39, 0.29) is 18.1 Å². The first kappa shape index (κ1) is 17.7. The van der Waals surface area contributed by atoms with E-state index >= 15 is 0 Å². The number of aliphatic carboxylic acids is 1. The van der Waals surface area contributed by atoms with Gasteiger partial charge in [-0.05, 0) is 49.5 Å². The molecule has 0 atom stereocenters. The number of hydrogen-bond donors (Lipinski definition) is 2. The van der Waals surface area contributed by atoms with E-state index in [0.29, 0.717) is 30.5 Å². The Hall–Kier alpha value is -2.69. The van der Waals surface area contributed by atoms with Crippen molar-refractivity contribution < 1.29 is 19.5 Å². The number of ketones is 1. The van der Waals surface area contributed by atoms with Crippen molar-refractivity contribution in [2.45, 2.75) is 38.5 Å². The highest BCUT2D eigenvalue weighted by Gasteiger charge is 2.19. The first-order valence-corrected chi connectivity index (χ1v) is 8.09. The predicted molar refractivity (Wildman–Crippen MR) is 90.4 cm³/mol. The fourth-order valence-electron chi connectivity index (χ4n) is 2.61. The average Bonchev–Trinajstić information content (AvgIpc) is 2.57. The minimum absolute atomic E-state index is 0.162. The summed E-state index contributed by atoms with van der Waals surface area (Å²) >= 11 is 0. The van der Waals surface area contributed by atoms with Gasteiger partial charge in [-0.1, -0.05) is 30.7 Å². The van der Waals surface area contributed by atoms with Crippen molar-refractivity contribution in [1.82, 2.24) is 5.32 Å². The maximum absolute atomic E-state index is 12.3. The van der Waals surface area contributed by atoms with Crippen molar-refractivity contribution in [2.24, 2.45) is 0 Å². The number of rotatable bonds is 8. The topological polar surface area (TPSA) is 83.5 Å². The molecule has 0 heterocycles. The zero-order valence-corrected chi connectivity index (χ0v) is 13.5. The number of benzene rings is 1. The molecular formula is C19H21NO4. The van der Waals surface area contributed by atoms with Crippen molar-refractivity contribution >= 4 is 17.7 Å². The minimum atomic E-state index is -0.791. The number of carbonyl (C=O) groups is 3. The maximum Gasteiger partial charge on any atom is 0.303 e. The van der Waals surface area contributed by atoms with E-state index in [0.717, 1.165) is 18.4 Å². The summed E-state index contributed by atoms with van der Waals surface area (Å²) in [6.07, 6.45) is 6.96. The SMILES string of the molecule is O=C(O)CCCCCC1=C(NC(=O)c2ccccc2)C(=O)C=CC1. The molecule has 2 rings (SSSR count). The molecule has 0 saturated carbocycles. The van der Waals surface area contributed by atoms with Gasteiger partial charge in [0.05, 0.1) is 5.70 Å². The average molecular weight is 327 g/mol. The number of carbonyl (C=O) groups excluding carboxylic acids is 2. The van der Waals surface area contributed by atoms with Gasteiger partial charge < -0.3 is 10.4 Å². The fraction of sp³-hybridized carbons (Fsp3) is 0.316. The van der Waals surface area contributed by atoms with Gasteiger partial charge in [0.1, 0.15) is 0 Å². The summed E-state index contributed by atoms with van der Waals surface area (Å²) < 4.78 is 0. The molecule has 1 amide bonds. The van der Waals surface area contributed by atoms with Crippen LogP contribution in [0.1, 0.15) is 48.9 Å². The number of hydrogen-bond acceptors (Lipinski definition) is 3.